The third kappa shape index (κ3) is 3.56. The van der Waals surface area contributed by atoms with Crippen molar-refractivity contribution in [2.45, 2.75) is 29.4 Å². The van der Waals surface area contributed by atoms with Gasteiger partial charge in [-0.2, -0.15) is 0 Å². The van der Waals surface area contributed by atoms with E-state index >= 15 is 0 Å². The van der Waals surface area contributed by atoms with Crippen molar-refractivity contribution in [3.05, 3.63) is 0 Å². The monoisotopic (exact) mass is 272 g/mol. The van der Waals surface area contributed by atoms with Crippen molar-refractivity contribution in [3.8, 4) is 0 Å². The van der Waals surface area contributed by atoms with Crippen LogP contribution in [0, 0.1) is 0 Å². The van der Waals surface area contributed by atoms with Crippen LogP contribution in [-0.4, -0.2) is 20.7 Å². The molecule has 0 bridgehead atoms. The van der Waals surface area contributed by atoms with Gasteiger partial charge in [0.15, 0.2) is 0 Å². The molecule has 0 heterocycles. The van der Waals surface area contributed by atoms with E-state index in [0.717, 1.165) is 12.8 Å². The Morgan fingerprint density at radius 2 is 2.10 bits per heavy atom. The van der Waals surface area contributed by atoms with Crippen LogP contribution in [0.4, 0.5) is 0 Å². The number of carboxylic acid groups (broad SMARTS) is 1. The van der Waals surface area contributed by atoms with Crippen molar-refractivity contribution < 1.29 is 9.90 Å². The van der Waals surface area contributed by atoms with Gasteiger partial charge in [-0.05, 0) is 6.42 Å². The SMILES string of the molecule is CCC[C@H](Br)[C@@H](Br)C(=O)O. The Kier molecular flexibility index (Phi) is 5.35. The number of halogens is 2. The Hall–Kier alpha value is 0.430. The van der Waals surface area contributed by atoms with E-state index in [2.05, 4.69) is 31.9 Å². The van der Waals surface area contributed by atoms with Crippen molar-refractivity contribution in [1.29, 1.82) is 0 Å². The van der Waals surface area contributed by atoms with Gasteiger partial charge in [-0.15, -0.1) is 0 Å². The summed E-state index contributed by atoms with van der Waals surface area (Å²) in [5, 5.41) is 8.50. The molecule has 0 aliphatic carbocycles. The molecule has 60 valence electrons. The van der Waals surface area contributed by atoms with Crippen LogP contribution in [0.2, 0.25) is 0 Å². The zero-order chi connectivity index (χ0) is 8.15. The molecule has 0 saturated carbocycles. The fourth-order valence-corrected chi connectivity index (χ4v) is 1.53. The zero-order valence-corrected chi connectivity index (χ0v) is 8.85. The Morgan fingerprint density at radius 3 is 2.40 bits per heavy atom. The van der Waals surface area contributed by atoms with Crippen LogP contribution in [0.1, 0.15) is 19.8 Å². The first-order valence-corrected chi connectivity index (χ1v) is 4.93. The molecule has 0 spiro atoms. The minimum absolute atomic E-state index is 0.0370. The highest BCUT2D eigenvalue weighted by molar-refractivity contribution is 9.12. The predicted molar refractivity (Wildman–Crippen MR) is 48.0 cm³/mol. The van der Waals surface area contributed by atoms with Crippen molar-refractivity contribution in [2.75, 3.05) is 0 Å². The lowest BCUT2D eigenvalue weighted by atomic mass is 10.2. The fourth-order valence-electron chi connectivity index (χ4n) is 0.577. The Morgan fingerprint density at radius 1 is 1.60 bits per heavy atom. The third-order valence-corrected chi connectivity index (χ3v) is 3.84. The first-order valence-electron chi connectivity index (χ1n) is 3.10. The van der Waals surface area contributed by atoms with Gasteiger partial charge in [0.25, 0.3) is 0 Å². The summed E-state index contributed by atoms with van der Waals surface area (Å²) in [6.45, 7) is 2.02. The van der Waals surface area contributed by atoms with E-state index in [0.29, 0.717) is 0 Å². The standard InChI is InChI=1S/C6H10Br2O2/c1-2-3-4(7)5(8)6(9)10/h4-5H,2-3H2,1H3,(H,9,10)/t4-,5+/m0/s1. The molecule has 0 amide bonds. The molecule has 0 fully saturated rings. The van der Waals surface area contributed by atoms with E-state index in [-0.39, 0.29) is 4.83 Å². The maximum absolute atomic E-state index is 10.3. The molecule has 2 atom stereocenters. The Balaban J connectivity index is 3.69. The topological polar surface area (TPSA) is 37.3 Å². The van der Waals surface area contributed by atoms with Crippen LogP contribution < -0.4 is 0 Å². The average Bonchev–Trinajstić information content (AvgIpc) is 1.87. The first-order chi connectivity index (χ1) is 4.59. The van der Waals surface area contributed by atoms with Crippen LogP contribution in [-0.2, 0) is 4.79 Å². The molecule has 0 aromatic carbocycles. The number of alkyl halides is 2. The number of hydrogen-bond donors (Lipinski definition) is 1. The molecule has 4 heteroatoms. The largest absolute Gasteiger partial charge is 0.480 e. The van der Waals surface area contributed by atoms with E-state index in [4.69, 9.17) is 5.11 Å². The summed E-state index contributed by atoms with van der Waals surface area (Å²) in [6, 6.07) is 0. The minimum atomic E-state index is -0.810. The summed E-state index contributed by atoms with van der Waals surface area (Å²) in [7, 11) is 0. The van der Waals surface area contributed by atoms with Crippen LogP contribution in [0.3, 0.4) is 0 Å². The van der Waals surface area contributed by atoms with Gasteiger partial charge in [-0.3, -0.25) is 4.79 Å². The van der Waals surface area contributed by atoms with Gasteiger partial charge in [-0.25, -0.2) is 0 Å². The van der Waals surface area contributed by atoms with Crippen LogP contribution in [0.15, 0.2) is 0 Å². The lowest BCUT2D eigenvalue weighted by Crippen LogP contribution is -2.23. The normalized spacial score (nSPS) is 16.3. The smallest absolute Gasteiger partial charge is 0.318 e. The molecular weight excluding hydrogens is 264 g/mol. The summed E-state index contributed by atoms with van der Waals surface area (Å²) < 4.78 is 0. The zero-order valence-electron chi connectivity index (χ0n) is 5.68. The summed E-state index contributed by atoms with van der Waals surface area (Å²) in [5.41, 5.74) is 0. The van der Waals surface area contributed by atoms with E-state index < -0.39 is 10.8 Å². The van der Waals surface area contributed by atoms with E-state index in [9.17, 15) is 4.79 Å². The summed E-state index contributed by atoms with van der Waals surface area (Å²) in [6.07, 6.45) is 1.87. The first kappa shape index (κ1) is 10.4. The molecule has 1 N–H and O–H groups in total. The second-order valence-electron chi connectivity index (χ2n) is 2.04. The van der Waals surface area contributed by atoms with E-state index in [1.54, 1.807) is 0 Å². The van der Waals surface area contributed by atoms with Crippen LogP contribution in [0.5, 0.6) is 0 Å². The highest BCUT2D eigenvalue weighted by Gasteiger charge is 2.21. The van der Waals surface area contributed by atoms with Gasteiger partial charge in [0.05, 0.1) is 0 Å². The van der Waals surface area contributed by atoms with Gasteiger partial charge in [-0.1, -0.05) is 45.2 Å². The molecule has 0 rings (SSSR count). The molecular formula is C6H10Br2O2. The fraction of sp³-hybridized carbons (Fsp3) is 0.833. The van der Waals surface area contributed by atoms with Crippen molar-refractivity contribution >= 4 is 37.8 Å². The minimum Gasteiger partial charge on any atom is -0.480 e. The van der Waals surface area contributed by atoms with Crippen LogP contribution >= 0.6 is 31.9 Å². The molecule has 0 unspecified atom stereocenters. The van der Waals surface area contributed by atoms with Gasteiger partial charge in [0, 0.05) is 4.83 Å². The molecule has 2 nitrogen and oxygen atoms in total. The lowest BCUT2D eigenvalue weighted by Gasteiger charge is -2.10. The number of carboxylic acids is 1. The molecule has 0 aromatic rings. The van der Waals surface area contributed by atoms with Gasteiger partial charge in [0.1, 0.15) is 4.83 Å². The van der Waals surface area contributed by atoms with Gasteiger partial charge >= 0.3 is 5.97 Å². The van der Waals surface area contributed by atoms with Gasteiger partial charge < -0.3 is 5.11 Å². The van der Waals surface area contributed by atoms with Crippen LogP contribution in [0.25, 0.3) is 0 Å². The average molecular weight is 274 g/mol. The number of rotatable bonds is 4. The number of carbonyl (C=O) groups is 1. The second-order valence-corrected chi connectivity index (χ2v) is 4.21. The molecule has 0 radical (unpaired) electrons. The second kappa shape index (κ2) is 5.13. The lowest BCUT2D eigenvalue weighted by molar-refractivity contribution is -0.136. The molecule has 0 saturated heterocycles. The maximum Gasteiger partial charge on any atom is 0.318 e. The Labute approximate surface area is 77.3 Å². The van der Waals surface area contributed by atoms with Crippen molar-refractivity contribution in [3.63, 3.8) is 0 Å². The maximum atomic E-state index is 10.3. The highest BCUT2D eigenvalue weighted by Crippen LogP contribution is 2.18. The quantitative estimate of drug-likeness (QED) is 0.799. The highest BCUT2D eigenvalue weighted by atomic mass is 79.9. The van der Waals surface area contributed by atoms with Crippen molar-refractivity contribution in [1.82, 2.24) is 0 Å². The summed E-state index contributed by atoms with van der Waals surface area (Å²) in [5.74, 6) is -0.810. The van der Waals surface area contributed by atoms with Gasteiger partial charge in [0.2, 0.25) is 0 Å². The molecule has 0 aromatic heterocycles. The predicted octanol–water partition coefficient (Wildman–Crippen LogP) is 2.40. The summed E-state index contributed by atoms with van der Waals surface area (Å²) >= 11 is 6.34. The third-order valence-electron chi connectivity index (χ3n) is 1.12. The Bertz CT molecular complexity index is 116. The number of aliphatic carboxylic acids is 1. The van der Waals surface area contributed by atoms with Crippen molar-refractivity contribution in [2.24, 2.45) is 0 Å². The number of hydrogen-bond acceptors (Lipinski definition) is 1. The molecule has 0 aliphatic heterocycles. The summed E-state index contributed by atoms with van der Waals surface area (Å²) in [4.78, 5) is 9.91. The van der Waals surface area contributed by atoms with E-state index in [1.807, 2.05) is 6.92 Å². The molecule has 10 heavy (non-hydrogen) atoms. The molecule has 0 aliphatic rings. The van der Waals surface area contributed by atoms with E-state index in [1.165, 1.54) is 0 Å².